The third-order valence-corrected chi connectivity index (χ3v) is 4.15. The van der Waals surface area contributed by atoms with E-state index in [9.17, 15) is 4.79 Å². The van der Waals surface area contributed by atoms with Crippen molar-refractivity contribution in [2.45, 2.75) is 6.61 Å². The summed E-state index contributed by atoms with van der Waals surface area (Å²) >= 11 is 1.58. The van der Waals surface area contributed by atoms with Gasteiger partial charge in [0.15, 0.2) is 5.69 Å². The van der Waals surface area contributed by atoms with E-state index in [2.05, 4.69) is 5.10 Å². The van der Waals surface area contributed by atoms with Crippen molar-refractivity contribution >= 4 is 17.2 Å². The van der Waals surface area contributed by atoms with Gasteiger partial charge in [-0.1, -0.05) is 12.1 Å². The van der Waals surface area contributed by atoms with Gasteiger partial charge in [0.05, 0.1) is 11.4 Å². The average molecular weight is 297 g/mol. The molecule has 1 aliphatic rings. The number of nitrogens with zero attached hydrogens (tertiary/aromatic N) is 2. The zero-order chi connectivity index (χ0) is 14.4. The van der Waals surface area contributed by atoms with E-state index < -0.39 is 5.91 Å². The number of aromatic nitrogens is 2. The highest BCUT2D eigenvalue weighted by atomic mass is 32.1. The Morgan fingerprint density at radius 2 is 2.19 bits per heavy atom. The number of amides is 1. The Hall–Kier alpha value is -2.60. The van der Waals surface area contributed by atoms with E-state index in [1.807, 2.05) is 41.1 Å². The molecule has 0 atom stereocenters. The Kier molecular flexibility index (Phi) is 2.58. The molecule has 0 saturated carbocycles. The number of para-hydroxylation sites is 1. The number of nitrogens with two attached hydrogens (primary N) is 1. The first-order chi connectivity index (χ1) is 10.3. The monoisotopic (exact) mass is 297 g/mol. The minimum absolute atomic E-state index is 0.269. The molecule has 21 heavy (non-hydrogen) atoms. The molecule has 0 spiro atoms. The molecule has 4 rings (SSSR count). The summed E-state index contributed by atoms with van der Waals surface area (Å²) in [5, 5.41) is 8.35. The van der Waals surface area contributed by atoms with Gasteiger partial charge in [-0.3, -0.25) is 4.79 Å². The lowest BCUT2D eigenvalue weighted by Crippen LogP contribution is -2.16. The van der Waals surface area contributed by atoms with Gasteiger partial charge in [0.1, 0.15) is 12.4 Å². The normalized spacial score (nSPS) is 12.4. The molecule has 3 aromatic rings. The van der Waals surface area contributed by atoms with Crippen LogP contribution in [0.25, 0.3) is 16.9 Å². The van der Waals surface area contributed by atoms with Crippen LogP contribution in [0.3, 0.4) is 0 Å². The van der Waals surface area contributed by atoms with Crippen molar-refractivity contribution in [1.29, 1.82) is 0 Å². The second-order valence-electron chi connectivity index (χ2n) is 4.72. The van der Waals surface area contributed by atoms with Crippen LogP contribution in [0.4, 0.5) is 0 Å². The van der Waals surface area contributed by atoms with Crippen LogP contribution in [-0.4, -0.2) is 15.7 Å². The first kappa shape index (κ1) is 12.2. The summed E-state index contributed by atoms with van der Waals surface area (Å²) in [5.74, 6) is 0.251. The van der Waals surface area contributed by atoms with Crippen molar-refractivity contribution in [2.75, 3.05) is 0 Å². The molecule has 0 unspecified atom stereocenters. The van der Waals surface area contributed by atoms with Crippen molar-refractivity contribution in [3.63, 3.8) is 0 Å². The summed E-state index contributed by atoms with van der Waals surface area (Å²) in [6, 6.07) is 9.69. The highest BCUT2D eigenvalue weighted by Gasteiger charge is 2.28. The van der Waals surface area contributed by atoms with Crippen LogP contribution in [0.15, 0.2) is 41.1 Å². The maximum absolute atomic E-state index is 11.7. The highest BCUT2D eigenvalue weighted by Crippen LogP contribution is 2.39. The van der Waals surface area contributed by atoms with Crippen LogP contribution in [0.2, 0.25) is 0 Å². The number of hydrogen-bond acceptors (Lipinski definition) is 4. The number of rotatable bonds is 2. The number of benzene rings is 1. The standard InChI is InChI=1S/C15H11N3O2S/c16-15(19)13-11-7-20-12-4-2-1-3-10(12)14(11)18(17-13)9-5-6-21-8-9/h1-6,8H,7H2,(H2,16,19). The van der Waals surface area contributed by atoms with Gasteiger partial charge < -0.3 is 10.5 Å². The van der Waals surface area contributed by atoms with Gasteiger partial charge in [-0.25, -0.2) is 4.68 Å². The smallest absolute Gasteiger partial charge is 0.269 e. The van der Waals surface area contributed by atoms with Crippen LogP contribution < -0.4 is 10.5 Å². The molecule has 1 aromatic carbocycles. The van der Waals surface area contributed by atoms with E-state index in [-0.39, 0.29) is 5.69 Å². The third-order valence-electron chi connectivity index (χ3n) is 3.48. The van der Waals surface area contributed by atoms with Crippen molar-refractivity contribution < 1.29 is 9.53 Å². The van der Waals surface area contributed by atoms with Gasteiger partial charge in [0, 0.05) is 16.5 Å². The van der Waals surface area contributed by atoms with Gasteiger partial charge in [-0.05, 0) is 23.6 Å². The summed E-state index contributed by atoms with van der Waals surface area (Å²) in [6.45, 7) is 0.300. The Morgan fingerprint density at radius 3 is 2.95 bits per heavy atom. The lowest BCUT2D eigenvalue weighted by molar-refractivity contribution is 0.0992. The molecule has 0 bridgehead atoms. The first-order valence-electron chi connectivity index (χ1n) is 6.42. The molecule has 0 saturated heterocycles. The van der Waals surface area contributed by atoms with Crippen molar-refractivity contribution in [3.8, 4) is 22.7 Å². The molecule has 0 fully saturated rings. The second-order valence-corrected chi connectivity index (χ2v) is 5.50. The second kappa shape index (κ2) is 4.46. The molecule has 3 heterocycles. The summed E-state index contributed by atoms with van der Waals surface area (Å²) in [7, 11) is 0. The van der Waals surface area contributed by atoms with E-state index >= 15 is 0 Å². The van der Waals surface area contributed by atoms with Gasteiger partial charge in [0.25, 0.3) is 5.91 Å². The van der Waals surface area contributed by atoms with Gasteiger partial charge in [-0.2, -0.15) is 16.4 Å². The zero-order valence-electron chi connectivity index (χ0n) is 10.9. The molecule has 2 aromatic heterocycles. The highest BCUT2D eigenvalue weighted by molar-refractivity contribution is 7.08. The molecule has 1 aliphatic heterocycles. The number of fused-ring (bicyclic) bond motifs is 3. The fourth-order valence-electron chi connectivity index (χ4n) is 2.56. The largest absolute Gasteiger partial charge is 0.488 e. The van der Waals surface area contributed by atoms with Crippen LogP contribution >= 0.6 is 11.3 Å². The molecule has 5 nitrogen and oxygen atoms in total. The topological polar surface area (TPSA) is 70.1 Å². The van der Waals surface area contributed by atoms with Crippen molar-refractivity contribution in [2.24, 2.45) is 5.73 Å². The van der Waals surface area contributed by atoms with Crippen molar-refractivity contribution in [1.82, 2.24) is 9.78 Å². The number of ether oxygens (including phenoxy) is 1. The number of carbonyl (C=O) groups is 1. The Balaban J connectivity index is 2.05. The molecule has 2 N–H and O–H groups in total. The predicted octanol–water partition coefficient (Wildman–Crippen LogP) is 2.59. The van der Waals surface area contributed by atoms with Crippen molar-refractivity contribution in [3.05, 3.63) is 52.3 Å². The number of primary amides is 1. The molecular weight excluding hydrogens is 286 g/mol. The van der Waals surface area contributed by atoms with Gasteiger partial charge in [-0.15, -0.1) is 0 Å². The van der Waals surface area contributed by atoms with Crippen LogP contribution in [-0.2, 0) is 6.61 Å². The summed E-state index contributed by atoms with van der Waals surface area (Å²) in [4.78, 5) is 11.7. The SMILES string of the molecule is NC(=O)c1nn(-c2ccsc2)c2c1COc1ccccc1-2. The van der Waals surface area contributed by atoms with Crippen LogP contribution in [0.5, 0.6) is 5.75 Å². The maximum atomic E-state index is 11.7. The average Bonchev–Trinajstić information content (AvgIpc) is 3.14. The zero-order valence-corrected chi connectivity index (χ0v) is 11.8. The van der Waals surface area contributed by atoms with Crippen LogP contribution in [0, 0.1) is 0 Å². The third kappa shape index (κ3) is 1.76. The Morgan fingerprint density at radius 1 is 1.33 bits per heavy atom. The lowest BCUT2D eigenvalue weighted by Gasteiger charge is -2.19. The number of hydrogen-bond donors (Lipinski definition) is 1. The number of carbonyl (C=O) groups excluding carboxylic acids is 1. The van der Waals surface area contributed by atoms with Gasteiger partial charge >= 0.3 is 0 Å². The molecule has 0 radical (unpaired) electrons. The molecule has 6 heteroatoms. The molecule has 1 amide bonds. The van der Waals surface area contributed by atoms with E-state index in [0.29, 0.717) is 6.61 Å². The lowest BCUT2D eigenvalue weighted by atomic mass is 10.0. The Labute approximate surface area is 124 Å². The Bertz CT molecular complexity index is 837. The molecule has 104 valence electrons. The quantitative estimate of drug-likeness (QED) is 0.790. The minimum atomic E-state index is -0.539. The minimum Gasteiger partial charge on any atom is -0.488 e. The van der Waals surface area contributed by atoms with Crippen LogP contribution in [0.1, 0.15) is 16.1 Å². The van der Waals surface area contributed by atoms with E-state index in [4.69, 9.17) is 10.5 Å². The fraction of sp³-hybridized carbons (Fsp3) is 0.0667. The predicted molar refractivity (Wildman–Crippen MR) is 79.7 cm³/mol. The summed E-state index contributed by atoms with van der Waals surface area (Å²) in [5.41, 5.74) is 9.19. The molecular formula is C15H11N3O2S. The first-order valence-corrected chi connectivity index (χ1v) is 7.36. The summed E-state index contributed by atoms with van der Waals surface area (Å²) in [6.07, 6.45) is 0. The fourth-order valence-corrected chi connectivity index (χ4v) is 3.18. The van der Waals surface area contributed by atoms with E-state index in [0.717, 1.165) is 28.3 Å². The number of thiophene rings is 1. The molecule has 0 aliphatic carbocycles. The van der Waals surface area contributed by atoms with E-state index in [1.165, 1.54) is 0 Å². The maximum Gasteiger partial charge on any atom is 0.269 e. The summed E-state index contributed by atoms with van der Waals surface area (Å²) < 4.78 is 7.48. The van der Waals surface area contributed by atoms with E-state index in [1.54, 1.807) is 16.0 Å². The van der Waals surface area contributed by atoms with Gasteiger partial charge in [0.2, 0.25) is 0 Å².